The first-order chi connectivity index (χ1) is 13.2. The van der Waals surface area contributed by atoms with E-state index in [-0.39, 0.29) is 6.79 Å². The Morgan fingerprint density at radius 2 is 1.67 bits per heavy atom. The van der Waals surface area contributed by atoms with Crippen molar-refractivity contribution in [3.05, 3.63) is 65.2 Å². The van der Waals surface area contributed by atoms with Crippen LogP contribution in [0, 0.1) is 6.92 Å². The largest absolute Gasteiger partial charge is 0.457 e. The maximum atomic E-state index is 5.90. The number of hydrogen-bond donors (Lipinski definition) is 0. The summed E-state index contributed by atoms with van der Waals surface area (Å²) in [5.41, 5.74) is 4.74. The molecule has 0 saturated carbocycles. The zero-order chi connectivity index (χ0) is 18.6. The normalized spacial score (nSPS) is 19.4. The molecule has 1 fully saturated rings. The molecule has 0 aromatic heterocycles. The average molecular weight is 364 g/mol. The molecule has 4 heteroatoms. The van der Waals surface area contributed by atoms with E-state index in [0.29, 0.717) is 0 Å². The van der Waals surface area contributed by atoms with E-state index in [1.165, 1.54) is 11.1 Å². The van der Waals surface area contributed by atoms with Gasteiger partial charge < -0.3 is 19.3 Å². The quantitative estimate of drug-likeness (QED) is 0.827. The summed E-state index contributed by atoms with van der Waals surface area (Å²) in [5.74, 6) is 1.77. The van der Waals surface area contributed by atoms with Gasteiger partial charge in [-0.2, -0.15) is 0 Å². The summed E-state index contributed by atoms with van der Waals surface area (Å²) in [6.07, 6.45) is 3.37. The molecule has 0 N–H and O–H groups in total. The number of rotatable bonds is 3. The summed E-state index contributed by atoms with van der Waals surface area (Å²) in [7, 11) is 2.20. The molecule has 0 bridgehead atoms. The number of aryl methyl sites for hydroxylation is 1. The second kappa shape index (κ2) is 8.15. The molecule has 4 nitrogen and oxygen atoms in total. The van der Waals surface area contributed by atoms with Gasteiger partial charge in [-0.05, 0) is 44.2 Å². The van der Waals surface area contributed by atoms with Crippen LogP contribution < -0.4 is 9.47 Å². The number of benzene rings is 2. The molecule has 2 aliphatic rings. The van der Waals surface area contributed by atoms with Crippen LogP contribution in [0.1, 0.15) is 23.1 Å². The van der Waals surface area contributed by atoms with E-state index >= 15 is 0 Å². The third kappa shape index (κ3) is 4.18. The molecule has 142 valence electrons. The number of nitrogens with zero attached hydrogens (tertiary/aromatic N) is 2. The monoisotopic (exact) mass is 364 g/mol. The first-order valence-corrected chi connectivity index (χ1v) is 9.78. The lowest BCUT2D eigenvalue weighted by atomic mass is 9.93. The van der Waals surface area contributed by atoms with Gasteiger partial charge in [-0.25, -0.2) is 0 Å². The third-order valence-electron chi connectivity index (χ3n) is 5.42. The topological polar surface area (TPSA) is 24.9 Å². The summed E-state index contributed by atoms with van der Waals surface area (Å²) in [6, 6.07) is 14.6. The molecule has 0 amide bonds. The molecular weight excluding hydrogens is 336 g/mol. The van der Waals surface area contributed by atoms with Gasteiger partial charge in [0.25, 0.3) is 0 Å². The van der Waals surface area contributed by atoms with E-state index in [0.717, 1.165) is 61.8 Å². The maximum absolute atomic E-state index is 5.90. The molecule has 0 unspecified atom stereocenters. The van der Waals surface area contributed by atoms with Crippen LogP contribution in [0.25, 0.3) is 5.57 Å². The zero-order valence-corrected chi connectivity index (χ0v) is 16.3. The van der Waals surface area contributed by atoms with Crippen LogP contribution in [-0.4, -0.2) is 56.4 Å². The molecular formula is C23H28N2O2. The summed E-state index contributed by atoms with van der Waals surface area (Å²) < 4.78 is 11.8. The van der Waals surface area contributed by atoms with E-state index in [1.807, 2.05) is 12.1 Å². The van der Waals surface area contributed by atoms with Gasteiger partial charge in [0.1, 0.15) is 11.5 Å². The second-order valence-electron chi connectivity index (χ2n) is 7.45. The number of likely N-dealkylation sites (N-methyl/N-ethyl adjacent to an activating group) is 1. The van der Waals surface area contributed by atoms with Crippen LogP contribution in [0.2, 0.25) is 0 Å². The van der Waals surface area contributed by atoms with E-state index in [4.69, 9.17) is 9.47 Å². The van der Waals surface area contributed by atoms with E-state index in [2.05, 4.69) is 60.2 Å². The highest BCUT2D eigenvalue weighted by Crippen LogP contribution is 2.38. The Kier molecular flexibility index (Phi) is 5.46. The fourth-order valence-corrected chi connectivity index (χ4v) is 3.78. The number of piperazine rings is 1. The molecule has 0 spiro atoms. The van der Waals surface area contributed by atoms with Gasteiger partial charge >= 0.3 is 0 Å². The van der Waals surface area contributed by atoms with Crippen LogP contribution in [0.15, 0.2) is 48.5 Å². The lowest BCUT2D eigenvalue weighted by Crippen LogP contribution is -2.44. The Labute approximate surface area is 162 Å². The molecule has 1 saturated heterocycles. The summed E-state index contributed by atoms with van der Waals surface area (Å²) >= 11 is 0. The van der Waals surface area contributed by atoms with Gasteiger partial charge in [-0.3, -0.25) is 0 Å². The second-order valence-corrected chi connectivity index (χ2v) is 7.45. The fraction of sp³-hybridized carbons (Fsp3) is 0.391. The van der Waals surface area contributed by atoms with Crippen LogP contribution in [0.5, 0.6) is 11.5 Å². The maximum Gasteiger partial charge on any atom is 0.230 e. The Morgan fingerprint density at radius 3 is 2.48 bits per heavy atom. The summed E-state index contributed by atoms with van der Waals surface area (Å²) in [4.78, 5) is 4.95. The zero-order valence-electron chi connectivity index (χ0n) is 16.3. The first kappa shape index (κ1) is 18.1. The molecule has 2 aromatic carbocycles. The van der Waals surface area contributed by atoms with Crippen molar-refractivity contribution < 1.29 is 9.47 Å². The predicted octanol–water partition coefficient (Wildman–Crippen LogP) is 3.79. The molecule has 0 radical (unpaired) electrons. The highest BCUT2D eigenvalue weighted by Gasteiger charge is 2.19. The van der Waals surface area contributed by atoms with Crippen molar-refractivity contribution in [1.82, 2.24) is 9.80 Å². The Morgan fingerprint density at radius 1 is 0.926 bits per heavy atom. The van der Waals surface area contributed by atoms with Gasteiger partial charge in [-0.1, -0.05) is 35.9 Å². The van der Waals surface area contributed by atoms with E-state index < -0.39 is 0 Å². The Balaban J connectivity index is 1.64. The number of fused-ring (bicyclic) bond motifs is 2. The van der Waals surface area contributed by atoms with Crippen LogP contribution in [0.3, 0.4) is 0 Å². The third-order valence-corrected chi connectivity index (χ3v) is 5.42. The molecule has 2 aliphatic heterocycles. The molecule has 27 heavy (non-hydrogen) atoms. The standard InChI is InChI=1S/C23H28N2O2/c1-18-9-10-23-21(16-18)19(7-5-11-25-14-12-24(2)13-15-25)20-6-3-4-8-22(20)26-17-27-23/h3-4,6-10,16H,5,11-15,17H2,1-2H3. The van der Waals surface area contributed by atoms with Crippen molar-refractivity contribution in [3.8, 4) is 11.5 Å². The Hall–Kier alpha value is -2.30. The molecule has 2 heterocycles. The van der Waals surface area contributed by atoms with E-state index in [9.17, 15) is 0 Å². The lowest BCUT2D eigenvalue weighted by Gasteiger charge is -2.32. The first-order valence-electron chi connectivity index (χ1n) is 9.78. The smallest absolute Gasteiger partial charge is 0.230 e. The van der Waals surface area contributed by atoms with Crippen molar-refractivity contribution in [2.24, 2.45) is 0 Å². The average Bonchev–Trinajstić information content (AvgIpc) is 2.67. The highest BCUT2D eigenvalue weighted by molar-refractivity contribution is 5.85. The van der Waals surface area contributed by atoms with Crippen molar-refractivity contribution in [3.63, 3.8) is 0 Å². The minimum Gasteiger partial charge on any atom is -0.457 e. The minimum atomic E-state index is 0.238. The number of para-hydroxylation sites is 1. The van der Waals surface area contributed by atoms with Crippen molar-refractivity contribution in [2.75, 3.05) is 46.6 Å². The van der Waals surface area contributed by atoms with Gasteiger partial charge in [-0.15, -0.1) is 0 Å². The van der Waals surface area contributed by atoms with E-state index in [1.54, 1.807) is 0 Å². The van der Waals surface area contributed by atoms with Gasteiger partial charge in [0.05, 0.1) is 0 Å². The fourth-order valence-electron chi connectivity index (χ4n) is 3.78. The number of ether oxygens (including phenoxy) is 2. The SMILES string of the molecule is Cc1ccc2c(c1)C(=CCCN1CCN(C)CC1)c1ccccc1OCO2. The molecule has 4 rings (SSSR count). The summed E-state index contributed by atoms with van der Waals surface area (Å²) in [5, 5.41) is 0. The lowest BCUT2D eigenvalue weighted by molar-refractivity contribution is 0.118. The molecule has 2 aromatic rings. The highest BCUT2D eigenvalue weighted by atomic mass is 16.7. The van der Waals surface area contributed by atoms with Crippen LogP contribution >= 0.6 is 0 Å². The molecule has 0 atom stereocenters. The molecule has 0 aliphatic carbocycles. The predicted molar refractivity (Wildman–Crippen MR) is 109 cm³/mol. The summed E-state index contributed by atoms with van der Waals surface area (Å²) in [6.45, 7) is 8.07. The van der Waals surface area contributed by atoms with Gasteiger partial charge in [0, 0.05) is 43.9 Å². The minimum absolute atomic E-state index is 0.238. The Bertz CT molecular complexity index is 823. The van der Waals surface area contributed by atoms with Crippen molar-refractivity contribution in [2.45, 2.75) is 13.3 Å². The van der Waals surface area contributed by atoms with Crippen molar-refractivity contribution in [1.29, 1.82) is 0 Å². The van der Waals surface area contributed by atoms with Gasteiger partial charge in [0.15, 0.2) is 0 Å². The van der Waals surface area contributed by atoms with Gasteiger partial charge in [0.2, 0.25) is 6.79 Å². The van der Waals surface area contributed by atoms with Crippen LogP contribution in [0.4, 0.5) is 0 Å². The van der Waals surface area contributed by atoms with Crippen LogP contribution in [-0.2, 0) is 0 Å². The van der Waals surface area contributed by atoms with Crippen molar-refractivity contribution >= 4 is 5.57 Å². The number of hydrogen-bond acceptors (Lipinski definition) is 4.